The molecule has 0 fully saturated rings. The Kier molecular flexibility index (Phi) is 4.88. The maximum Gasteiger partial charge on any atom is 0.272 e. The van der Waals surface area contributed by atoms with Crippen molar-refractivity contribution >= 4 is 11.8 Å². The van der Waals surface area contributed by atoms with E-state index in [4.69, 9.17) is 0 Å². The number of benzene rings is 1. The molecule has 1 aromatic carbocycles. The van der Waals surface area contributed by atoms with Gasteiger partial charge in [-0.1, -0.05) is 30.3 Å². The van der Waals surface area contributed by atoms with Gasteiger partial charge < -0.3 is 14.8 Å². The van der Waals surface area contributed by atoms with Crippen LogP contribution < -0.4 is 5.32 Å². The molecule has 3 heterocycles. The molecule has 0 atom stereocenters. The summed E-state index contributed by atoms with van der Waals surface area (Å²) in [4.78, 5) is 26.2. The SMILES string of the molecule is CN1CCn2nc(C(=O)NCc3nncn3CCc3ccccc3)cc2C1=O. The predicted octanol–water partition coefficient (Wildman–Crippen LogP) is 0.733. The van der Waals surface area contributed by atoms with E-state index in [-0.39, 0.29) is 24.1 Å². The fourth-order valence-electron chi connectivity index (χ4n) is 3.16. The molecule has 28 heavy (non-hydrogen) atoms. The van der Waals surface area contributed by atoms with Gasteiger partial charge in [0.25, 0.3) is 11.8 Å². The summed E-state index contributed by atoms with van der Waals surface area (Å²) in [6, 6.07) is 11.7. The number of aromatic nitrogens is 5. The van der Waals surface area contributed by atoms with Gasteiger partial charge in [-0.3, -0.25) is 14.3 Å². The van der Waals surface area contributed by atoms with Crippen LogP contribution in [0.15, 0.2) is 42.7 Å². The highest BCUT2D eigenvalue weighted by molar-refractivity contribution is 5.98. The molecule has 1 N–H and O–H groups in total. The summed E-state index contributed by atoms with van der Waals surface area (Å²) in [5, 5.41) is 15.1. The molecular weight excluding hydrogens is 358 g/mol. The lowest BCUT2D eigenvalue weighted by molar-refractivity contribution is 0.0742. The van der Waals surface area contributed by atoms with Crippen molar-refractivity contribution in [3.63, 3.8) is 0 Å². The second-order valence-corrected chi connectivity index (χ2v) is 6.72. The number of nitrogens with one attached hydrogen (secondary N) is 1. The van der Waals surface area contributed by atoms with E-state index in [1.54, 1.807) is 23.0 Å². The van der Waals surface area contributed by atoms with Gasteiger partial charge in [0.05, 0.1) is 13.1 Å². The minimum absolute atomic E-state index is 0.126. The number of fused-ring (bicyclic) bond motifs is 1. The van der Waals surface area contributed by atoms with Crippen molar-refractivity contribution in [2.75, 3.05) is 13.6 Å². The predicted molar refractivity (Wildman–Crippen MR) is 101 cm³/mol. The maximum absolute atomic E-state index is 12.5. The molecule has 144 valence electrons. The van der Waals surface area contributed by atoms with Gasteiger partial charge >= 0.3 is 0 Å². The number of carbonyl (C=O) groups is 2. The number of amides is 2. The molecule has 3 aromatic rings. The zero-order chi connectivity index (χ0) is 19.5. The first-order valence-corrected chi connectivity index (χ1v) is 9.14. The number of rotatable bonds is 6. The van der Waals surface area contributed by atoms with Gasteiger partial charge in [0, 0.05) is 26.2 Å². The van der Waals surface area contributed by atoms with Crippen molar-refractivity contribution in [1.82, 2.24) is 34.8 Å². The first kappa shape index (κ1) is 17.9. The number of hydrogen-bond acceptors (Lipinski definition) is 5. The smallest absolute Gasteiger partial charge is 0.272 e. The molecular formula is C19H21N7O2. The molecule has 1 aliphatic heterocycles. The van der Waals surface area contributed by atoms with Crippen LogP contribution in [0.1, 0.15) is 32.4 Å². The lowest BCUT2D eigenvalue weighted by atomic mass is 10.1. The van der Waals surface area contributed by atoms with Gasteiger partial charge in [-0.05, 0) is 12.0 Å². The molecule has 0 saturated heterocycles. The van der Waals surface area contributed by atoms with E-state index < -0.39 is 0 Å². The summed E-state index contributed by atoms with van der Waals surface area (Å²) in [5.41, 5.74) is 1.89. The van der Waals surface area contributed by atoms with Gasteiger partial charge in [0.15, 0.2) is 11.5 Å². The Balaban J connectivity index is 1.38. The van der Waals surface area contributed by atoms with Crippen molar-refractivity contribution in [2.24, 2.45) is 0 Å². The quantitative estimate of drug-likeness (QED) is 0.681. The summed E-state index contributed by atoms with van der Waals surface area (Å²) in [5.74, 6) is 0.206. The lowest BCUT2D eigenvalue weighted by Crippen LogP contribution is -2.37. The van der Waals surface area contributed by atoms with E-state index in [0.29, 0.717) is 24.6 Å². The van der Waals surface area contributed by atoms with E-state index in [0.717, 1.165) is 13.0 Å². The third kappa shape index (κ3) is 3.64. The van der Waals surface area contributed by atoms with Crippen LogP contribution >= 0.6 is 0 Å². The highest BCUT2D eigenvalue weighted by Crippen LogP contribution is 2.12. The second-order valence-electron chi connectivity index (χ2n) is 6.72. The zero-order valence-electron chi connectivity index (χ0n) is 15.6. The van der Waals surface area contributed by atoms with Crippen molar-refractivity contribution in [3.05, 3.63) is 65.5 Å². The van der Waals surface area contributed by atoms with Crippen molar-refractivity contribution in [1.29, 1.82) is 0 Å². The average molecular weight is 379 g/mol. The first-order chi connectivity index (χ1) is 13.6. The molecule has 9 nitrogen and oxygen atoms in total. The van der Waals surface area contributed by atoms with Crippen LogP contribution in [0.25, 0.3) is 0 Å². The Labute approximate surface area is 162 Å². The summed E-state index contributed by atoms with van der Waals surface area (Å²) >= 11 is 0. The molecule has 2 amide bonds. The summed E-state index contributed by atoms with van der Waals surface area (Å²) in [7, 11) is 1.74. The highest BCUT2D eigenvalue weighted by Gasteiger charge is 2.25. The van der Waals surface area contributed by atoms with Crippen LogP contribution in [-0.2, 0) is 26.1 Å². The minimum atomic E-state index is -0.338. The Bertz CT molecular complexity index is 993. The molecule has 9 heteroatoms. The number of aryl methyl sites for hydroxylation is 2. The molecule has 2 aromatic heterocycles. The Morgan fingerprint density at radius 3 is 2.86 bits per heavy atom. The number of nitrogens with zero attached hydrogens (tertiary/aromatic N) is 6. The number of carbonyl (C=O) groups excluding carboxylic acids is 2. The number of likely N-dealkylation sites (N-methyl/N-ethyl adjacent to an activating group) is 1. The van der Waals surface area contributed by atoms with Crippen molar-refractivity contribution in [3.8, 4) is 0 Å². The van der Waals surface area contributed by atoms with Crippen LogP contribution in [-0.4, -0.2) is 54.9 Å². The van der Waals surface area contributed by atoms with Crippen LogP contribution in [0.4, 0.5) is 0 Å². The van der Waals surface area contributed by atoms with E-state index in [2.05, 4.69) is 32.7 Å². The van der Waals surface area contributed by atoms with E-state index in [1.807, 2.05) is 22.8 Å². The average Bonchev–Trinajstić information content (AvgIpc) is 3.35. The third-order valence-electron chi connectivity index (χ3n) is 4.81. The molecule has 0 spiro atoms. The fourth-order valence-corrected chi connectivity index (χ4v) is 3.16. The Morgan fingerprint density at radius 2 is 2.04 bits per heavy atom. The topological polar surface area (TPSA) is 97.9 Å². The monoisotopic (exact) mass is 379 g/mol. The maximum atomic E-state index is 12.5. The van der Waals surface area contributed by atoms with Crippen molar-refractivity contribution < 1.29 is 9.59 Å². The van der Waals surface area contributed by atoms with Crippen LogP contribution in [0, 0.1) is 0 Å². The normalized spacial score (nSPS) is 13.5. The molecule has 0 bridgehead atoms. The highest BCUT2D eigenvalue weighted by atomic mass is 16.2. The van der Waals surface area contributed by atoms with Gasteiger partial charge in [0.2, 0.25) is 0 Å². The van der Waals surface area contributed by atoms with Gasteiger partial charge in [-0.25, -0.2) is 0 Å². The molecule has 0 saturated carbocycles. The van der Waals surface area contributed by atoms with Crippen LogP contribution in [0.3, 0.4) is 0 Å². The summed E-state index contributed by atoms with van der Waals surface area (Å²) in [6.07, 6.45) is 2.51. The minimum Gasteiger partial charge on any atom is -0.343 e. The van der Waals surface area contributed by atoms with E-state index in [9.17, 15) is 9.59 Å². The zero-order valence-corrected chi connectivity index (χ0v) is 15.6. The summed E-state index contributed by atoms with van der Waals surface area (Å²) in [6.45, 7) is 2.13. The molecule has 0 unspecified atom stereocenters. The largest absolute Gasteiger partial charge is 0.343 e. The molecule has 1 aliphatic rings. The van der Waals surface area contributed by atoms with Gasteiger partial charge in [-0.15, -0.1) is 10.2 Å². The van der Waals surface area contributed by atoms with Gasteiger partial charge in [0.1, 0.15) is 12.0 Å². The third-order valence-corrected chi connectivity index (χ3v) is 4.81. The van der Waals surface area contributed by atoms with Crippen LogP contribution in [0.5, 0.6) is 0 Å². The first-order valence-electron chi connectivity index (χ1n) is 9.14. The lowest BCUT2D eigenvalue weighted by Gasteiger charge is -2.22. The summed E-state index contributed by atoms with van der Waals surface area (Å²) < 4.78 is 3.50. The molecule has 4 rings (SSSR count). The van der Waals surface area contributed by atoms with Gasteiger partial charge in [-0.2, -0.15) is 5.10 Å². The fraction of sp³-hybridized carbons (Fsp3) is 0.316. The van der Waals surface area contributed by atoms with Crippen molar-refractivity contribution in [2.45, 2.75) is 26.1 Å². The second kappa shape index (κ2) is 7.63. The standard InChI is InChI=1S/C19H21N7O2/c1-24-9-10-26-16(19(24)28)11-15(23-26)18(27)20-12-17-22-21-13-25(17)8-7-14-5-3-2-4-6-14/h2-6,11,13H,7-10,12H2,1H3,(H,20,27). The molecule has 0 radical (unpaired) electrons. The van der Waals surface area contributed by atoms with E-state index in [1.165, 1.54) is 11.6 Å². The van der Waals surface area contributed by atoms with Crippen LogP contribution in [0.2, 0.25) is 0 Å². The Hall–Kier alpha value is -3.49. The number of hydrogen-bond donors (Lipinski definition) is 1. The Morgan fingerprint density at radius 1 is 1.21 bits per heavy atom. The van der Waals surface area contributed by atoms with E-state index >= 15 is 0 Å². The molecule has 0 aliphatic carbocycles.